The maximum absolute atomic E-state index is 7.54. The zero-order valence-electron chi connectivity index (χ0n) is 13.4. The standard InChI is InChI=1S/C18H21N5/c1-13(20-2)18(8-19)23-12-17(11-22-23)16-7-15(9-21-10-16)6-14-4-3-5-14/h7-12,14,19H,2-6H2,1H3/b18-13-,19-8?. The molecule has 0 bridgehead atoms. The van der Waals surface area contributed by atoms with Gasteiger partial charge in [0, 0.05) is 35.9 Å². The Bertz CT molecular complexity index is 752. The normalized spacial score (nSPS) is 15.7. The number of hydrogen-bond donors (Lipinski definition) is 1. The summed E-state index contributed by atoms with van der Waals surface area (Å²) in [7, 11) is 0. The van der Waals surface area contributed by atoms with Crippen LogP contribution >= 0.6 is 0 Å². The third-order valence-corrected chi connectivity index (χ3v) is 4.45. The number of nitrogens with one attached hydrogen (secondary N) is 1. The summed E-state index contributed by atoms with van der Waals surface area (Å²) in [6.07, 6.45) is 13.9. The van der Waals surface area contributed by atoms with Gasteiger partial charge in [-0.05, 0) is 37.6 Å². The van der Waals surface area contributed by atoms with Gasteiger partial charge in [0.2, 0.25) is 0 Å². The second-order valence-corrected chi connectivity index (χ2v) is 6.03. The molecule has 1 aliphatic rings. The second-order valence-electron chi connectivity index (χ2n) is 6.03. The Morgan fingerprint density at radius 1 is 1.39 bits per heavy atom. The quantitative estimate of drug-likeness (QED) is 0.824. The van der Waals surface area contributed by atoms with Crippen LogP contribution in [0.3, 0.4) is 0 Å². The summed E-state index contributed by atoms with van der Waals surface area (Å²) in [5.74, 6) is 0.823. The summed E-state index contributed by atoms with van der Waals surface area (Å²) >= 11 is 0. The molecule has 5 heteroatoms. The molecule has 1 saturated carbocycles. The lowest BCUT2D eigenvalue weighted by Gasteiger charge is -2.25. The molecule has 0 radical (unpaired) electrons. The molecule has 0 amide bonds. The average Bonchev–Trinajstić information content (AvgIpc) is 3.01. The van der Waals surface area contributed by atoms with Crippen molar-refractivity contribution in [2.24, 2.45) is 10.9 Å². The van der Waals surface area contributed by atoms with Gasteiger partial charge in [-0.1, -0.05) is 19.3 Å². The molecule has 23 heavy (non-hydrogen) atoms. The molecule has 118 valence electrons. The van der Waals surface area contributed by atoms with Crippen LogP contribution in [0.15, 0.2) is 41.5 Å². The number of hydrogen-bond acceptors (Lipinski definition) is 4. The summed E-state index contributed by atoms with van der Waals surface area (Å²) in [6.45, 7) is 5.33. The topological polar surface area (TPSA) is 66.9 Å². The van der Waals surface area contributed by atoms with E-state index >= 15 is 0 Å². The van der Waals surface area contributed by atoms with Crippen molar-refractivity contribution in [1.29, 1.82) is 5.41 Å². The SMILES string of the molecule is C=N/C(C)=C(/C=N)n1cc(-c2cncc(CC3CCC3)c2)cn1. The van der Waals surface area contributed by atoms with Crippen molar-refractivity contribution >= 4 is 18.6 Å². The van der Waals surface area contributed by atoms with Crippen molar-refractivity contribution in [3.05, 3.63) is 42.1 Å². The van der Waals surface area contributed by atoms with Gasteiger partial charge in [0.25, 0.3) is 0 Å². The van der Waals surface area contributed by atoms with Crippen LogP contribution in [0.25, 0.3) is 16.8 Å². The van der Waals surface area contributed by atoms with Crippen LogP contribution in [0.5, 0.6) is 0 Å². The predicted octanol–water partition coefficient (Wildman–Crippen LogP) is 3.83. The predicted molar refractivity (Wildman–Crippen MR) is 93.7 cm³/mol. The van der Waals surface area contributed by atoms with Gasteiger partial charge in [0.1, 0.15) is 5.70 Å². The molecule has 3 rings (SSSR count). The molecular weight excluding hydrogens is 286 g/mol. The highest BCUT2D eigenvalue weighted by Crippen LogP contribution is 2.30. The van der Waals surface area contributed by atoms with Gasteiger partial charge in [-0.2, -0.15) is 5.10 Å². The molecule has 1 N–H and O–H groups in total. The van der Waals surface area contributed by atoms with Gasteiger partial charge in [-0.15, -0.1) is 0 Å². The lowest BCUT2D eigenvalue weighted by molar-refractivity contribution is 0.314. The number of rotatable bonds is 6. The van der Waals surface area contributed by atoms with Crippen molar-refractivity contribution in [2.75, 3.05) is 0 Å². The van der Waals surface area contributed by atoms with Gasteiger partial charge in [0.15, 0.2) is 0 Å². The number of allylic oxidation sites excluding steroid dienone is 2. The first kappa shape index (κ1) is 15.3. The van der Waals surface area contributed by atoms with Crippen molar-refractivity contribution < 1.29 is 0 Å². The van der Waals surface area contributed by atoms with E-state index in [0.717, 1.165) is 23.5 Å². The van der Waals surface area contributed by atoms with Crippen LogP contribution in [0.1, 0.15) is 31.7 Å². The molecule has 0 aromatic carbocycles. The van der Waals surface area contributed by atoms with Crippen LogP contribution in [-0.2, 0) is 6.42 Å². The minimum absolute atomic E-state index is 0.616. The van der Waals surface area contributed by atoms with E-state index in [1.54, 1.807) is 10.9 Å². The number of aliphatic imine (C=N–C) groups is 1. The maximum atomic E-state index is 7.54. The fourth-order valence-corrected chi connectivity index (χ4v) is 2.81. The average molecular weight is 307 g/mol. The lowest BCUT2D eigenvalue weighted by Crippen LogP contribution is -2.13. The number of aromatic nitrogens is 3. The summed E-state index contributed by atoms with van der Waals surface area (Å²) in [5.41, 5.74) is 4.62. The zero-order valence-corrected chi connectivity index (χ0v) is 13.4. The molecule has 5 nitrogen and oxygen atoms in total. The molecule has 0 aliphatic heterocycles. The van der Waals surface area contributed by atoms with Crippen molar-refractivity contribution in [3.63, 3.8) is 0 Å². The van der Waals surface area contributed by atoms with E-state index in [1.807, 2.05) is 25.5 Å². The highest BCUT2D eigenvalue weighted by Gasteiger charge is 2.18. The third-order valence-electron chi connectivity index (χ3n) is 4.45. The smallest absolute Gasteiger partial charge is 0.103 e. The van der Waals surface area contributed by atoms with E-state index in [9.17, 15) is 0 Å². The Morgan fingerprint density at radius 3 is 2.87 bits per heavy atom. The van der Waals surface area contributed by atoms with Gasteiger partial charge in [-0.3, -0.25) is 9.98 Å². The fraction of sp³-hybridized carbons (Fsp3) is 0.333. The van der Waals surface area contributed by atoms with Crippen LogP contribution < -0.4 is 0 Å². The molecule has 1 aliphatic carbocycles. The van der Waals surface area contributed by atoms with Gasteiger partial charge < -0.3 is 5.41 Å². The summed E-state index contributed by atoms with van der Waals surface area (Å²) < 4.78 is 1.66. The Balaban J connectivity index is 1.86. The molecule has 2 heterocycles. The van der Waals surface area contributed by atoms with E-state index in [2.05, 4.69) is 27.9 Å². The molecule has 1 fully saturated rings. The third kappa shape index (κ3) is 3.28. The van der Waals surface area contributed by atoms with Crippen molar-refractivity contribution in [3.8, 4) is 11.1 Å². The van der Waals surface area contributed by atoms with Gasteiger partial charge in [0.05, 0.1) is 11.9 Å². The first-order valence-corrected chi connectivity index (χ1v) is 7.88. The van der Waals surface area contributed by atoms with Gasteiger partial charge >= 0.3 is 0 Å². The Hall–Kier alpha value is -2.56. The first-order chi connectivity index (χ1) is 11.2. The number of pyridine rings is 1. The minimum atomic E-state index is 0.616. The summed E-state index contributed by atoms with van der Waals surface area (Å²) in [4.78, 5) is 8.26. The zero-order chi connectivity index (χ0) is 16.2. The van der Waals surface area contributed by atoms with Crippen LogP contribution in [-0.4, -0.2) is 27.7 Å². The largest absolute Gasteiger partial charge is 0.306 e. The molecule has 0 saturated heterocycles. The van der Waals surface area contributed by atoms with Crippen molar-refractivity contribution in [1.82, 2.24) is 14.8 Å². The summed E-state index contributed by atoms with van der Waals surface area (Å²) in [5, 5.41) is 11.9. The van der Waals surface area contributed by atoms with E-state index in [-0.39, 0.29) is 0 Å². The van der Waals surface area contributed by atoms with E-state index in [1.165, 1.54) is 31.0 Å². The molecule has 0 spiro atoms. The molecular formula is C18H21N5. The minimum Gasteiger partial charge on any atom is -0.306 e. The van der Waals surface area contributed by atoms with Crippen LogP contribution in [0.2, 0.25) is 0 Å². The van der Waals surface area contributed by atoms with E-state index in [0.29, 0.717) is 11.4 Å². The highest BCUT2D eigenvalue weighted by atomic mass is 15.3. The monoisotopic (exact) mass is 307 g/mol. The Labute approximate surface area is 136 Å². The lowest BCUT2D eigenvalue weighted by atomic mass is 9.81. The Kier molecular flexibility index (Phi) is 4.46. The Morgan fingerprint density at radius 2 is 2.22 bits per heavy atom. The first-order valence-electron chi connectivity index (χ1n) is 7.88. The maximum Gasteiger partial charge on any atom is 0.103 e. The molecule has 0 unspecified atom stereocenters. The van der Waals surface area contributed by atoms with Gasteiger partial charge in [-0.25, -0.2) is 4.68 Å². The number of nitrogens with zero attached hydrogens (tertiary/aromatic N) is 4. The molecule has 2 aromatic heterocycles. The molecule has 0 atom stereocenters. The fourth-order valence-electron chi connectivity index (χ4n) is 2.81. The van der Waals surface area contributed by atoms with E-state index in [4.69, 9.17) is 5.41 Å². The molecule has 2 aromatic rings. The second kappa shape index (κ2) is 6.69. The van der Waals surface area contributed by atoms with Crippen LogP contribution in [0.4, 0.5) is 0 Å². The highest BCUT2D eigenvalue weighted by molar-refractivity contribution is 6.01. The van der Waals surface area contributed by atoms with E-state index < -0.39 is 0 Å². The van der Waals surface area contributed by atoms with Crippen LogP contribution in [0, 0.1) is 11.3 Å². The summed E-state index contributed by atoms with van der Waals surface area (Å²) in [6, 6.07) is 2.19. The van der Waals surface area contributed by atoms with Crippen molar-refractivity contribution in [2.45, 2.75) is 32.6 Å².